The molecular weight excluding hydrogens is 775 g/mol. The van der Waals surface area contributed by atoms with Crippen molar-refractivity contribution >= 4 is 33.7 Å². The summed E-state index contributed by atoms with van der Waals surface area (Å²) in [4.78, 5) is 15.5. The van der Waals surface area contributed by atoms with Crippen molar-refractivity contribution in [2.24, 2.45) is 0 Å². The van der Waals surface area contributed by atoms with Crippen LogP contribution in [0.5, 0.6) is 0 Å². The lowest BCUT2D eigenvalue weighted by Gasteiger charge is -2.23. The van der Waals surface area contributed by atoms with Crippen LogP contribution < -0.4 is 0 Å². The minimum absolute atomic E-state index is 0.667. The SMILES string of the molecule is C1=Cc2cc(-c3nc(-c4ccccc4)nc(-c4ccc(-c5cc(-c6cccc(-c7cc8c9c(cccc9c7)-c7ccccc7-8)c6)c6ccccc6c5)cc4)n3)c3c(c2CC1)CCC=C3. The molecule has 64 heavy (non-hydrogen) atoms. The lowest BCUT2D eigenvalue weighted by Crippen LogP contribution is -2.09. The molecular formula is C61H41N3. The first kappa shape index (κ1) is 36.6. The van der Waals surface area contributed by atoms with Crippen molar-refractivity contribution in [2.75, 3.05) is 0 Å². The minimum Gasteiger partial charge on any atom is -0.208 e. The van der Waals surface area contributed by atoms with Crippen molar-refractivity contribution in [2.45, 2.75) is 25.7 Å². The summed E-state index contributed by atoms with van der Waals surface area (Å²) in [5.41, 5.74) is 20.9. The summed E-state index contributed by atoms with van der Waals surface area (Å²) in [6.45, 7) is 0. The molecule has 0 bridgehead atoms. The van der Waals surface area contributed by atoms with Crippen LogP contribution in [0.2, 0.25) is 0 Å². The second-order valence-corrected chi connectivity index (χ2v) is 17.3. The molecule has 3 heteroatoms. The smallest absolute Gasteiger partial charge is 0.164 e. The standard InChI is InChI=1S/C61H41N3/c1-2-14-39(15-3-1)59-62-60(64-61(63-59)57-35-44-17-5-6-21-48(44)50-23-8-11-26-53(50)57)40-30-28-38(29-31-40)46-33-42-16-4-7-22-49(42)55(36-46)43-19-12-18-41(32-43)47-34-45-20-13-27-54-51-24-9-10-25-52(51)56(37-47)58(45)54/h1-5,7,9-20,22,24-37H,6,8,21,23H2. The monoisotopic (exact) mass is 815 g/mol. The molecule has 0 fully saturated rings. The molecule has 0 amide bonds. The predicted octanol–water partition coefficient (Wildman–Crippen LogP) is 15.7. The summed E-state index contributed by atoms with van der Waals surface area (Å²) < 4.78 is 0. The molecule has 0 atom stereocenters. The highest BCUT2D eigenvalue weighted by atomic mass is 15.0. The fourth-order valence-electron chi connectivity index (χ4n) is 10.5. The first-order valence-electron chi connectivity index (χ1n) is 22.4. The van der Waals surface area contributed by atoms with Crippen molar-refractivity contribution in [3.63, 3.8) is 0 Å². The fourth-order valence-corrected chi connectivity index (χ4v) is 10.5. The molecule has 0 N–H and O–H groups in total. The summed E-state index contributed by atoms with van der Waals surface area (Å²) in [5, 5.41) is 5.07. The Morgan fingerprint density at radius 3 is 1.78 bits per heavy atom. The zero-order valence-corrected chi connectivity index (χ0v) is 35.2. The van der Waals surface area contributed by atoms with Gasteiger partial charge in [0.05, 0.1) is 0 Å². The van der Waals surface area contributed by atoms with Crippen molar-refractivity contribution in [1.82, 2.24) is 15.0 Å². The zero-order valence-electron chi connectivity index (χ0n) is 35.2. The molecule has 1 heterocycles. The van der Waals surface area contributed by atoms with Crippen LogP contribution in [-0.4, -0.2) is 15.0 Å². The number of rotatable bonds is 6. The molecule has 13 rings (SSSR count). The average molecular weight is 816 g/mol. The van der Waals surface area contributed by atoms with E-state index in [0.717, 1.165) is 53.5 Å². The van der Waals surface area contributed by atoms with Gasteiger partial charge in [-0.15, -0.1) is 0 Å². The van der Waals surface area contributed by atoms with E-state index in [1.165, 1.54) is 88.3 Å². The summed E-state index contributed by atoms with van der Waals surface area (Å²) in [7, 11) is 0. The summed E-state index contributed by atoms with van der Waals surface area (Å²) in [6, 6.07) is 64.1. The number of allylic oxidation sites excluding steroid dienone is 2. The molecule has 9 aromatic carbocycles. The van der Waals surface area contributed by atoms with E-state index in [9.17, 15) is 0 Å². The number of benzene rings is 9. The molecule has 0 unspecified atom stereocenters. The summed E-state index contributed by atoms with van der Waals surface area (Å²) in [6.07, 6.45) is 13.4. The topological polar surface area (TPSA) is 38.7 Å². The van der Waals surface area contributed by atoms with Gasteiger partial charge >= 0.3 is 0 Å². The molecule has 0 radical (unpaired) electrons. The lowest BCUT2D eigenvalue weighted by atomic mass is 9.82. The van der Waals surface area contributed by atoms with Crippen LogP contribution in [0.25, 0.3) is 123 Å². The highest BCUT2D eigenvalue weighted by molar-refractivity contribution is 6.16. The Labute approximate surface area is 372 Å². The maximum absolute atomic E-state index is 5.25. The fraction of sp³-hybridized carbons (Fsp3) is 0.0656. The molecule has 0 saturated heterocycles. The van der Waals surface area contributed by atoms with E-state index in [1.807, 2.05) is 18.2 Å². The third-order valence-electron chi connectivity index (χ3n) is 13.6. The van der Waals surface area contributed by atoms with Gasteiger partial charge in [0.1, 0.15) is 0 Å². The second kappa shape index (κ2) is 14.8. The summed E-state index contributed by atoms with van der Waals surface area (Å²) in [5.74, 6) is 2.05. The van der Waals surface area contributed by atoms with E-state index in [4.69, 9.17) is 15.0 Å². The first-order valence-corrected chi connectivity index (χ1v) is 22.4. The van der Waals surface area contributed by atoms with Crippen LogP contribution in [0.15, 0.2) is 188 Å². The Morgan fingerprint density at radius 2 is 0.922 bits per heavy atom. The van der Waals surface area contributed by atoms with Gasteiger partial charge in [0.25, 0.3) is 0 Å². The van der Waals surface area contributed by atoms with Crippen LogP contribution in [0, 0.1) is 0 Å². The van der Waals surface area contributed by atoms with E-state index in [0.29, 0.717) is 17.5 Å². The van der Waals surface area contributed by atoms with Crippen LogP contribution in [0.3, 0.4) is 0 Å². The normalized spacial score (nSPS) is 13.2. The van der Waals surface area contributed by atoms with Gasteiger partial charge in [0.2, 0.25) is 0 Å². The van der Waals surface area contributed by atoms with Gasteiger partial charge in [-0.2, -0.15) is 0 Å². The Morgan fingerprint density at radius 1 is 0.328 bits per heavy atom. The molecule has 3 aliphatic carbocycles. The Kier molecular flexibility index (Phi) is 8.48. The van der Waals surface area contributed by atoms with Crippen molar-refractivity contribution in [3.8, 4) is 89.8 Å². The summed E-state index contributed by atoms with van der Waals surface area (Å²) >= 11 is 0. The van der Waals surface area contributed by atoms with Crippen LogP contribution in [0.4, 0.5) is 0 Å². The van der Waals surface area contributed by atoms with Gasteiger partial charge in [-0.3, -0.25) is 0 Å². The predicted molar refractivity (Wildman–Crippen MR) is 267 cm³/mol. The zero-order chi connectivity index (χ0) is 42.1. The molecule has 0 saturated carbocycles. The lowest BCUT2D eigenvalue weighted by molar-refractivity contribution is 0.905. The van der Waals surface area contributed by atoms with Gasteiger partial charge in [-0.1, -0.05) is 164 Å². The largest absolute Gasteiger partial charge is 0.208 e. The van der Waals surface area contributed by atoms with Gasteiger partial charge in [0.15, 0.2) is 17.5 Å². The second-order valence-electron chi connectivity index (χ2n) is 17.3. The van der Waals surface area contributed by atoms with E-state index < -0.39 is 0 Å². The van der Waals surface area contributed by atoms with Crippen LogP contribution >= 0.6 is 0 Å². The number of hydrogen-bond donors (Lipinski definition) is 0. The van der Waals surface area contributed by atoms with Gasteiger partial charge in [0, 0.05) is 16.7 Å². The van der Waals surface area contributed by atoms with Crippen LogP contribution in [0.1, 0.15) is 35.1 Å². The van der Waals surface area contributed by atoms with E-state index in [2.05, 4.69) is 182 Å². The van der Waals surface area contributed by atoms with Gasteiger partial charge in [-0.25, -0.2) is 15.0 Å². The molecule has 3 aliphatic rings. The quantitative estimate of drug-likeness (QED) is 0.168. The average Bonchev–Trinajstić information content (AvgIpc) is 3.70. The maximum Gasteiger partial charge on any atom is 0.164 e. The Hall–Kier alpha value is -8.01. The molecule has 1 aromatic heterocycles. The maximum atomic E-state index is 5.25. The van der Waals surface area contributed by atoms with E-state index in [-0.39, 0.29) is 0 Å². The Balaban J connectivity index is 0.897. The van der Waals surface area contributed by atoms with Gasteiger partial charge in [-0.05, 0) is 162 Å². The van der Waals surface area contributed by atoms with Crippen molar-refractivity contribution < 1.29 is 0 Å². The number of aromatic nitrogens is 3. The minimum atomic E-state index is 0.667. The first-order chi connectivity index (χ1) is 31.7. The number of nitrogens with zero attached hydrogens (tertiary/aromatic N) is 3. The molecule has 3 nitrogen and oxygen atoms in total. The highest BCUT2D eigenvalue weighted by Crippen LogP contribution is 2.49. The molecule has 0 aliphatic heterocycles. The third-order valence-corrected chi connectivity index (χ3v) is 13.6. The van der Waals surface area contributed by atoms with Gasteiger partial charge < -0.3 is 0 Å². The third kappa shape index (κ3) is 6.07. The van der Waals surface area contributed by atoms with E-state index >= 15 is 0 Å². The van der Waals surface area contributed by atoms with Crippen molar-refractivity contribution in [1.29, 1.82) is 0 Å². The Bertz CT molecular complexity index is 3600. The van der Waals surface area contributed by atoms with E-state index in [1.54, 1.807) is 0 Å². The molecule has 300 valence electrons. The highest BCUT2D eigenvalue weighted by Gasteiger charge is 2.24. The van der Waals surface area contributed by atoms with Crippen molar-refractivity contribution in [3.05, 3.63) is 210 Å². The number of hydrogen-bond acceptors (Lipinski definition) is 3. The van der Waals surface area contributed by atoms with Crippen LogP contribution in [-0.2, 0) is 12.8 Å². The molecule has 10 aromatic rings. The molecule has 0 spiro atoms. The number of fused-ring (bicyclic) bond motifs is 7.